The van der Waals surface area contributed by atoms with Crippen LogP contribution in [0.4, 0.5) is 0 Å². The number of aromatic amines is 1. The normalized spacial score (nSPS) is 14.6. The van der Waals surface area contributed by atoms with Crippen LogP contribution in [0.2, 0.25) is 0 Å². The Balaban J connectivity index is 0.00000210. The van der Waals surface area contributed by atoms with Gasteiger partial charge in [-0.25, -0.2) is 0 Å². The highest BCUT2D eigenvalue weighted by Crippen LogP contribution is 2.26. The van der Waals surface area contributed by atoms with Crippen molar-refractivity contribution in [3.63, 3.8) is 0 Å². The minimum Gasteiger partial charge on any atom is -0.497 e. The quantitative estimate of drug-likeness (QED) is 0.345. The predicted octanol–water partition coefficient (Wildman–Crippen LogP) is 5.75. The van der Waals surface area contributed by atoms with E-state index in [0.717, 1.165) is 45.5 Å². The van der Waals surface area contributed by atoms with Gasteiger partial charge in [-0.05, 0) is 49.3 Å². The van der Waals surface area contributed by atoms with E-state index in [4.69, 9.17) is 14.9 Å². The third-order valence-electron chi connectivity index (χ3n) is 4.28. The fraction of sp³-hybridized carbons (Fsp3) is 0.182. The molecule has 0 amide bonds. The van der Waals surface area contributed by atoms with Crippen molar-refractivity contribution >= 4 is 47.2 Å². The summed E-state index contributed by atoms with van der Waals surface area (Å²) >= 11 is 0. The van der Waals surface area contributed by atoms with Crippen LogP contribution in [0.15, 0.2) is 72.6 Å². The molecule has 0 aliphatic heterocycles. The van der Waals surface area contributed by atoms with E-state index >= 15 is 0 Å². The van der Waals surface area contributed by atoms with Gasteiger partial charge in [0.25, 0.3) is 0 Å². The average molecular weight is 434 g/mol. The molecule has 2 aromatic rings. The zero-order valence-corrected chi connectivity index (χ0v) is 18.0. The van der Waals surface area contributed by atoms with Crippen molar-refractivity contribution in [1.29, 1.82) is 5.41 Å². The first-order valence-corrected chi connectivity index (χ1v) is 8.82. The predicted molar refractivity (Wildman–Crippen MR) is 124 cm³/mol. The Bertz CT molecular complexity index is 1000. The number of ether oxygens (including phenoxy) is 2. The smallest absolute Gasteiger partial charge is 0.213 e. The number of hydrogen-bond donors (Lipinski definition) is 2. The molecule has 1 aliphatic rings. The maximum Gasteiger partial charge on any atom is 0.213 e. The second kappa shape index (κ2) is 11.3. The van der Waals surface area contributed by atoms with Gasteiger partial charge in [0.1, 0.15) is 5.76 Å². The molecule has 29 heavy (non-hydrogen) atoms. The maximum atomic E-state index is 8.01. The monoisotopic (exact) mass is 433 g/mol. The second-order valence-electron chi connectivity index (χ2n) is 6.02. The number of hydrogen-bond acceptors (Lipinski definition) is 4. The lowest BCUT2D eigenvalue weighted by Gasteiger charge is -2.08. The van der Waals surface area contributed by atoms with E-state index < -0.39 is 0 Å². The van der Waals surface area contributed by atoms with Crippen molar-refractivity contribution in [3.05, 3.63) is 83.8 Å². The Morgan fingerprint density at radius 3 is 2.83 bits per heavy atom. The molecular weight excluding hydrogens is 409 g/mol. The third-order valence-corrected chi connectivity index (χ3v) is 4.28. The van der Waals surface area contributed by atoms with Crippen LogP contribution >= 0.6 is 24.8 Å². The average Bonchev–Trinajstić information content (AvgIpc) is 3.12. The molecule has 154 valence electrons. The van der Waals surface area contributed by atoms with E-state index in [-0.39, 0.29) is 30.7 Å². The first-order chi connectivity index (χ1) is 13.2. The van der Waals surface area contributed by atoms with Gasteiger partial charge >= 0.3 is 0 Å². The van der Waals surface area contributed by atoms with Gasteiger partial charge in [-0.15, -0.1) is 24.8 Å². The standard InChI is InChI=1S/C22H23N3O2.2ClH/c1-4-16(10-9-15-7-6-8-18(13-15)26-3)21-19-14-17(22(23)27-5-2)11-12-20(19)24-25-21;;/h4,6,8-14,23H,1,5,7H2,2-3H3,(H,24,25);2*1H. The number of benzene rings is 1. The number of fused-ring (bicyclic) bond motifs is 1. The van der Waals surface area contributed by atoms with Crippen molar-refractivity contribution in [1.82, 2.24) is 10.2 Å². The van der Waals surface area contributed by atoms with Crippen molar-refractivity contribution in [2.75, 3.05) is 13.7 Å². The van der Waals surface area contributed by atoms with Crippen LogP contribution in [-0.4, -0.2) is 29.8 Å². The van der Waals surface area contributed by atoms with Gasteiger partial charge in [-0.2, -0.15) is 5.10 Å². The minimum absolute atomic E-state index is 0. The molecule has 0 atom stereocenters. The molecule has 1 heterocycles. The van der Waals surface area contributed by atoms with Crippen molar-refractivity contribution in [2.24, 2.45) is 0 Å². The van der Waals surface area contributed by atoms with Gasteiger partial charge in [0.05, 0.1) is 24.9 Å². The Morgan fingerprint density at radius 2 is 2.14 bits per heavy atom. The SMILES string of the molecule is C=CC(=CC=C1C=C(OC)C=CC1)c1n[nH]c2ccc(C(=N)OCC)cc12.Cl.Cl. The molecule has 1 aromatic heterocycles. The van der Waals surface area contributed by atoms with E-state index in [9.17, 15) is 0 Å². The summed E-state index contributed by atoms with van der Waals surface area (Å²) < 4.78 is 10.6. The molecule has 0 bridgehead atoms. The molecule has 0 spiro atoms. The molecule has 0 unspecified atom stereocenters. The first kappa shape index (κ1) is 24.3. The molecule has 0 radical (unpaired) electrons. The number of nitrogens with zero attached hydrogens (tertiary/aromatic N) is 1. The van der Waals surface area contributed by atoms with E-state index in [1.807, 2.05) is 49.4 Å². The number of methoxy groups -OCH3 is 1. The van der Waals surface area contributed by atoms with E-state index in [1.165, 1.54) is 0 Å². The van der Waals surface area contributed by atoms with Crippen LogP contribution in [0.1, 0.15) is 24.6 Å². The van der Waals surface area contributed by atoms with Crippen LogP contribution in [0.25, 0.3) is 16.5 Å². The lowest BCUT2D eigenvalue weighted by molar-refractivity contribution is 0.305. The molecular formula is C22H25Cl2N3O2. The van der Waals surface area contributed by atoms with Gasteiger partial charge < -0.3 is 9.47 Å². The van der Waals surface area contributed by atoms with Crippen molar-refractivity contribution in [2.45, 2.75) is 13.3 Å². The number of aromatic nitrogens is 2. The summed E-state index contributed by atoms with van der Waals surface area (Å²) in [7, 11) is 1.66. The molecule has 0 saturated heterocycles. The van der Waals surface area contributed by atoms with Crippen LogP contribution in [0.5, 0.6) is 0 Å². The molecule has 0 fully saturated rings. The fourth-order valence-corrected chi connectivity index (χ4v) is 2.89. The number of allylic oxidation sites excluding steroid dienone is 8. The molecule has 5 nitrogen and oxygen atoms in total. The zero-order chi connectivity index (χ0) is 19.2. The lowest BCUT2D eigenvalue weighted by atomic mass is 10.0. The van der Waals surface area contributed by atoms with Gasteiger partial charge in [-0.1, -0.05) is 30.9 Å². The summed E-state index contributed by atoms with van der Waals surface area (Å²) in [4.78, 5) is 0. The highest BCUT2D eigenvalue weighted by atomic mass is 35.5. The molecule has 3 rings (SSSR count). The van der Waals surface area contributed by atoms with Gasteiger partial charge in [0.2, 0.25) is 5.90 Å². The Kier molecular flexibility index (Phi) is 9.45. The van der Waals surface area contributed by atoms with E-state index in [1.54, 1.807) is 13.2 Å². The molecule has 1 aliphatic carbocycles. The lowest BCUT2D eigenvalue weighted by Crippen LogP contribution is -2.04. The molecule has 7 heteroatoms. The third kappa shape index (κ3) is 5.62. The maximum absolute atomic E-state index is 8.01. The summed E-state index contributed by atoms with van der Waals surface area (Å²) in [5, 5.41) is 16.4. The van der Waals surface area contributed by atoms with Gasteiger partial charge in [-0.3, -0.25) is 10.5 Å². The molecule has 1 aromatic carbocycles. The van der Waals surface area contributed by atoms with Crippen LogP contribution < -0.4 is 0 Å². The number of halogens is 2. The van der Waals surface area contributed by atoms with Crippen molar-refractivity contribution in [3.8, 4) is 0 Å². The highest BCUT2D eigenvalue weighted by Gasteiger charge is 2.11. The van der Waals surface area contributed by atoms with Crippen LogP contribution in [0.3, 0.4) is 0 Å². The molecule has 2 N–H and O–H groups in total. The number of H-pyrrole nitrogens is 1. The van der Waals surface area contributed by atoms with Crippen molar-refractivity contribution < 1.29 is 9.47 Å². The number of rotatable bonds is 6. The highest BCUT2D eigenvalue weighted by molar-refractivity contribution is 5.99. The summed E-state index contributed by atoms with van der Waals surface area (Å²) in [6.07, 6.45) is 12.7. The summed E-state index contributed by atoms with van der Waals surface area (Å²) in [6.45, 7) is 6.26. The fourth-order valence-electron chi connectivity index (χ4n) is 2.89. The van der Waals surface area contributed by atoms with Gasteiger partial charge in [0.15, 0.2) is 0 Å². The summed E-state index contributed by atoms with van der Waals surface area (Å²) in [5.74, 6) is 0.995. The largest absolute Gasteiger partial charge is 0.497 e. The Hall–Kier alpha value is -2.76. The van der Waals surface area contributed by atoms with Crippen LogP contribution in [0, 0.1) is 5.41 Å². The van der Waals surface area contributed by atoms with E-state index in [2.05, 4.69) is 22.9 Å². The number of nitrogens with one attached hydrogen (secondary N) is 2. The molecule has 0 saturated carbocycles. The van der Waals surface area contributed by atoms with Crippen LogP contribution in [-0.2, 0) is 9.47 Å². The minimum atomic E-state index is 0. The topological polar surface area (TPSA) is 71.0 Å². The van der Waals surface area contributed by atoms with Gasteiger partial charge in [0, 0.05) is 16.5 Å². The zero-order valence-electron chi connectivity index (χ0n) is 16.4. The summed E-state index contributed by atoms with van der Waals surface area (Å²) in [5.41, 5.74) is 4.47. The summed E-state index contributed by atoms with van der Waals surface area (Å²) in [6, 6.07) is 5.68. The van der Waals surface area contributed by atoms with E-state index in [0.29, 0.717) is 6.61 Å². The Morgan fingerprint density at radius 1 is 1.34 bits per heavy atom. The second-order valence-corrected chi connectivity index (χ2v) is 6.02. The first-order valence-electron chi connectivity index (χ1n) is 8.82. The Labute approximate surface area is 183 Å².